The minimum atomic E-state index is -1.76. The van der Waals surface area contributed by atoms with Crippen LogP contribution in [0.25, 0.3) is 0 Å². The van der Waals surface area contributed by atoms with Crippen molar-refractivity contribution < 1.29 is 19.8 Å². The molecule has 0 radical (unpaired) electrons. The van der Waals surface area contributed by atoms with Crippen LogP contribution in [0.3, 0.4) is 0 Å². The van der Waals surface area contributed by atoms with Gasteiger partial charge >= 0.3 is 0 Å². The molecule has 2 aliphatic carbocycles. The second kappa shape index (κ2) is 2.88. The van der Waals surface area contributed by atoms with E-state index >= 15 is 0 Å². The molecule has 4 heteroatoms. The maximum absolute atomic E-state index is 11.0. The summed E-state index contributed by atoms with van der Waals surface area (Å²) in [6.07, 6.45) is 0.739. The lowest BCUT2D eigenvalue weighted by molar-refractivity contribution is -0.336. The van der Waals surface area contributed by atoms with E-state index in [0.29, 0.717) is 6.42 Å². The van der Waals surface area contributed by atoms with Gasteiger partial charge in [-0.25, -0.2) is 0 Å². The van der Waals surface area contributed by atoms with E-state index in [1.165, 1.54) is 0 Å². The number of aliphatic carboxylic acids is 2. The zero-order valence-corrected chi connectivity index (χ0v) is 9.01. The molecule has 0 saturated heterocycles. The molecule has 1 aromatic carbocycles. The highest BCUT2D eigenvalue weighted by molar-refractivity contribution is 6.03. The number of hydrogen-bond acceptors (Lipinski definition) is 4. The first-order chi connectivity index (χ1) is 8.04. The molecule has 88 valence electrons. The average molecular weight is 230 g/mol. The lowest BCUT2D eigenvalue weighted by Gasteiger charge is -2.19. The number of carboxylic acid groups (broad SMARTS) is 2. The summed E-state index contributed by atoms with van der Waals surface area (Å²) in [5.74, 6) is -2.99. The molecular weight excluding hydrogens is 220 g/mol. The van der Waals surface area contributed by atoms with Crippen molar-refractivity contribution in [2.24, 2.45) is 10.8 Å². The van der Waals surface area contributed by atoms with E-state index in [-0.39, 0.29) is 12.3 Å². The summed E-state index contributed by atoms with van der Waals surface area (Å²) in [6, 6.07) is 9.39. The molecule has 0 aliphatic heterocycles. The number of benzene rings is 1. The van der Waals surface area contributed by atoms with Crippen LogP contribution in [0.2, 0.25) is 0 Å². The first-order valence-corrected chi connectivity index (χ1v) is 5.52. The quantitative estimate of drug-likeness (QED) is 0.627. The van der Waals surface area contributed by atoms with Gasteiger partial charge in [0.05, 0.1) is 17.4 Å². The predicted octanol–water partition coefficient (Wildman–Crippen LogP) is -0.950. The van der Waals surface area contributed by atoms with Crippen LogP contribution in [0.4, 0.5) is 0 Å². The minimum Gasteiger partial charge on any atom is -0.549 e. The average Bonchev–Trinajstić information content (AvgIpc) is 3.18. The maximum Gasteiger partial charge on any atom is 0.0563 e. The Hall–Kier alpha value is -1.84. The molecule has 2 saturated carbocycles. The summed E-state index contributed by atoms with van der Waals surface area (Å²) in [5.41, 5.74) is -1.41. The molecule has 0 heterocycles. The van der Waals surface area contributed by atoms with Crippen molar-refractivity contribution in [3.63, 3.8) is 0 Å². The Morgan fingerprint density at radius 3 is 2.18 bits per heavy atom. The van der Waals surface area contributed by atoms with E-state index in [4.69, 9.17) is 0 Å². The first-order valence-electron chi connectivity index (χ1n) is 5.52. The van der Waals surface area contributed by atoms with Crippen molar-refractivity contribution in [1.29, 1.82) is 0 Å². The van der Waals surface area contributed by atoms with Gasteiger partial charge in [-0.3, -0.25) is 0 Å². The van der Waals surface area contributed by atoms with Crippen molar-refractivity contribution >= 4 is 11.9 Å². The maximum atomic E-state index is 11.0. The van der Waals surface area contributed by atoms with Gasteiger partial charge in [0.15, 0.2) is 0 Å². The fourth-order valence-corrected chi connectivity index (χ4v) is 3.16. The third-order valence-electron chi connectivity index (χ3n) is 4.28. The number of rotatable bonds is 3. The van der Waals surface area contributed by atoms with Gasteiger partial charge in [-0.15, -0.1) is 0 Å². The highest BCUT2D eigenvalue weighted by Crippen LogP contribution is 2.84. The van der Waals surface area contributed by atoms with E-state index in [1.54, 1.807) is 0 Å². The van der Waals surface area contributed by atoms with E-state index in [0.717, 1.165) is 5.56 Å². The van der Waals surface area contributed by atoms with Gasteiger partial charge in [0.1, 0.15) is 0 Å². The number of carboxylic acids is 2. The Bertz CT molecular complexity index is 493. The van der Waals surface area contributed by atoms with Crippen LogP contribution in [0.1, 0.15) is 24.3 Å². The van der Waals surface area contributed by atoms with Crippen LogP contribution in [0.15, 0.2) is 30.3 Å². The first kappa shape index (κ1) is 10.3. The molecule has 0 bridgehead atoms. The summed E-state index contributed by atoms with van der Waals surface area (Å²) in [5, 5.41) is 22.1. The normalized spacial score (nSPS) is 32.1. The smallest absolute Gasteiger partial charge is 0.0563 e. The summed E-state index contributed by atoms with van der Waals surface area (Å²) in [7, 11) is 0. The SMILES string of the molecule is O=C([O-])C1(C(=O)[O-])C[C@@]12C[C@@H]2c1ccccc1. The molecule has 2 aliphatic rings. The predicted molar refractivity (Wildman–Crippen MR) is 53.3 cm³/mol. The number of hydrogen-bond donors (Lipinski definition) is 0. The van der Waals surface area contributed by atoms with Crippen molar-refractivity contribution in [3.05, 3.63) is 35.9 Å². The zero-order chi connectivity index (χ0) is 12.3. The van der Waals surface area contributed by atoms with Crippen molar-refractivity contribution in [2.75, 3.05) is 0 Å². The Kier molecular flexibility index (Phi) is 1.75. The Balaban J connectivity index is 1.91. The molecule has 0 unspecified atom stereocenters. The molecular formula is C13H10O4-2. The van der Waals surface area contributed by atoms with E-state index in [9.17, 15) is 19.8 Å². The van der Waals surface area contributed by atoms with Gasteiger partial charge < -0.3 is 19.8 Å². The Labute approximate surface area is 97.9 Å². The van der Waals surface area contributed by atoms with Crippen LogP contribution >= 0.6 is 0 Å². The molecule has 2 atom stereocenters. The van der Waals surface area contributed by atoms with E-state index < -0.39 is 22.8 Å². The minimum absolute atomic E-state index is 0.0134. The monoisotopic (exact) mass is 230 g/mol. The van der Waals surface area contributed by atoms with Crippen molar-refractivity contribution in [1.82, 2.24) is 0 Å². The Morgan fingerprint density at radius 2 is 1.71 bits per heavy atom. The molecule has 0 aromatic heterocycles. The lowest BCUT2D eigenvalue weighted by Crippen LogP contribution is -2.47. The second-order valence-electron chi connectivity index (χ2n) is 4.98. The standard InChI is InChI=1S/C13H12O4/c14-10(15)13(11(16)17)7-12(13)6-9(12)8-4-2-1-3-5-8/h1-5,9H,6-7H2,(H,14,15)(H,16,17)/p-2/t9-,12-/m1/s1. The van der Waals surface area contributed by atoms with Crippen molar-refractivity contribution in [2.45, 2.75) is 18.8 Å². The highest BCUT2D eigenvalue weighted by atomic mass is 16.4. The van der Waals surface area contributed by atoms with Crippen LogP contribution in [-0.2, 0) is 9.59 Å². The van der Waals surface area contributed by atoms with Gasteiger partial charge in [0, 0.05) is 0 Å². The summed E-state index contributed by atoms with van der Waals surface area (Å²) in [4.78, 5) is 22.1. The van der Waals surface area contributed by atoms with E-state index in [1.807, 2.05) is 30.3 Å². The molecule has 17 heavy (non-hydrogen) atoms. The fraction of sp³-hybridized carbons (Fsp3) is 0.385. The van der Waals surface area contributed by atoms with Crippen LogP contribution in [0, 0.1) is 10.8 Å². The summed E-state index contributed by atoms with van der Waals surface area (Å²) in [6.45, 7) is 0. The molecule has 0 amide bonds. The van der Waals surface area contributed by atoms with Crippen molar-refractivity contribution in [3.8, 4) is 0 Å². The highest BCUT2D eigenvalue weighted by Gasteiger charge is 2.81. The van der Waals surface area contributed by atoms with Gasteiger partial charge in [0.2, 0.25) is 0 Å². The Morgan fingerprint density at radius 1 is 1.12 bits per heavy atom. The van der Waals surface area contributed by atoms with E-state index in [2.05, 4.69) is 0 Å². The fourth-order valence-electron chi connectivity index (χ4n) is 3.16. The topological polar surface area (TPSA) is 80.3 Å². The largest absolute Gasteiger partial charge is 0.549 e. The molecule has 3 rings (SSSR count). The summed E-state index contributed by atoms with van der Waals surface area (Å²) >= 11 is 0. The molecule has 2 fully saturated rings. The van der Waals surface area contributed by atoms with Crippen LogP contribution < -0.4 is 10.2 Å². The molecule has 4 nitrogen and oxygen atoms in total. The number of carbonyl (C=O) groups excluding carboxylic acids is 2. The molecule has 1 spiro atoms. The van der Waals surface area contributed by atoms with Gasteiger partial charge in [-0.2, -0.15) is 0 Å². The molecule has 0 N–H and O–H groups in total. The van der Waals surface area contributed by atoms with Gasteiger partial charge in [-0.05, 0) is 29.7 Å². The van der Waals surface area contributed by atoms with Crippen LogP contribution in [-0.4, -0.2) is 11.9 Å². The second-order valence-corrected chi connectivity index (χ2v) is 4.98. The third kappa shape index (κ3) is 1.07. The zero-order valence-electron chi connectivity index (χ0n) is 9.01. The lowest BCUT2D eigenvalue weighted by atomic mass is 9.99. The number of carbonyl (C=O) groups is 2. The van der Waals surface area contributed by atoms with Gasteiger partial charge in [0.25, 0.3) is 0 Å². The summed E-state index contributed by atoms with van der Waals surface area (Å²) < 4.78 is 0. The van der Waals surface area contributed by atoms with Crippen LogP contribution in [0.5, 0.6) is 0 Å². The third-order valence-corrected chi connectivity index (χ3v) is 4.28. The van der Waals surface area contributed by atoms with Gasteiger partial charge in [-0.1, -0.05) is 30.3 Å². The molecule has 1 aromatic rings.